The summed E-state index contributed by atoms with van der Waals surface area (Å²) in [5.41, 5.74) is 0. The molecular weight excluding hydrogens is 742 g/mol. The minimum absolute atomic E-state index is 0. The first kappa shape index (κ1) is 50.7. The molecule has 0 aliphatic rings. The fourth-order valence-corrected chi connectivity index (χ4v) is 3.31. The zero-order valence-corrected chi connectivity index (χ0v) is 22.9. The Morgan fingerprint density at radius 2 is 0.355 bits per heavy atom. The van der Waals surface area contributed by atoms with E-state index >= 15 is 0 Å². The molecule has 184 valence electrons. The molecule has 0 unspecified atom stereocenters. The zero-order chi connectivity index (χ0) is 23.1. The van der Waals surface area contributed by atoms with Gasteiger partial charge in [-0.1, -0.05) is 0 Å². The van der Waals surface area contributed by atoms with Gasteiger partial charge in [-0.25, -0.2) is 0 Å². The van der Waals surface area contributed by atoms with E-state index in [0.717, 1.165) is 0 Å². The molecule has 0 saturated carbocycles. The van der Waals surface area contributed by atoms with Gasteiger partial charge in [0.2, 0.25) is 0 Å². The second kappa shape index (κ2) is 19.0. The SMILES string of the molecule is O=P([O-])([O-])OP(=O)([O-])[O-].O=P([O-])([O-])OP(=O)([O-])[O-].O=P([O-])([O-])OP(=O)([O-])[O-].[Mn+3].[Mn+3].[Mn+3].[Mn+3]. The van der Waals surface area contributed by atoms with Crippen molar-refractivity contribution in [3.05, 3.63) is 0 Å². The van der Waals surface area contributed by atoms with Gasteiger partial charge in [0.15, 0.2) is 0 Å². The van der Waals surface area contributed by atoms with Crippen LogP contribution in [0.4, 0.5) is 0 Å². The zero-order valence-electron chi connectivity index (χ0n) is 12.8. The largest absolute Gasteiger partial charge is 3.00 e. The van der Waals surface area contributed by atoms with Crippen LogP contribution < -0.4 is 58.7 Å². The van der Waals surface area contributed by atoms with Crippen LogP contribution in [0.1, 0.15) is 0 Å². The summed E-state index contributed by atoms with van der Waals surface area (Å²) in [6.45, 7) is 0. The van der Waals surface area contributed by atoms with Gasteiger partial charge in [0.25, 0.3) is 0 Å². The van der Waals surface area contributed by atoms with E-state index in [4.69, 9.17) is 0 Å². The minimum Gasteiger partial charge on any atom is -0.790 e. The quantitative estimate of drug-likeness (QED) is 0.180. The summed E-state index contributed by atoms with van der Waals surface area (Å²) in [5.74, 6) is 0. The van der Waals surface area contributed by atoms with Gasteiger partial charge in [0.05, 0.1) is 46.9 Å². The first-order valence-electron chi connectivity index (χ1n) is 4.38. The van der Waals surface area contributed by atoms with E-state index in [1.54, 1.807) is 0 Å². The van der Waals surface area contributed by atoms with Crippen LogP contribution in [-0.2, 0) is 109 Å². The number of hydrogen-bond acceptors (Lipinski definition) is 21. The predicted molar refractivity (Wildman–Crippen MR) is 48.9 cm³/mol. The topological polar surface area (TPSA) is 407 Å². The van der Waals surface area contributed by atoms with Crippen molar-refractivity contribution in [1.29, 1.82) is 0 Å². The first-order valence-corrected chi connectivity index (χ1v) is 13.1. The van der Waals surface area contributed by atoms with Crippen molar-refractivity contribution in [3.63, 3.8) is 0 Å². The standard InChI is InChI=1S/4Mn.3H4O7P2/c;;;;3*1-8(2,3)7-9(4,5)6/h;;;;3*(H2,1,2,3)(H2,4,5,6)/q4*+3;;;/p-12. The molecule has 0 aliphatic carbocycles. The van der Waals surface area contributed by atoms with Crippen LogP contribution in [0.3, 0.4) is 0 Å². The van der Waals surface area contributed by atoms with Crippen LogP contribution in [0, 0.1) is 0 Å². The molecule has 0 aliphatic heterocycles. The Kier molecular flexibility index (Phi) is 31.1. The molecule has 31 heteroatoms. The van der Waals surface area contributed by atoms with Gasteiger partial charge in [-0.3, -0.25) is 0 Å². The van der Waals surface area contributed by atoms with Gasteiger partial charge in [-0.15, -0.1) is 0 Å². The summed E-state index contributed by atoms with van der Waals surface area (Å²) >= 11 is 0. The molecule has 0 spiro atoms. The van der Waals surface area contributed by atoms with Crippen molar-refractivity contribution in [2.45, 2.75) is 0 Å². The van der Waals surface area contributed by atoms with E-state index in [1.165, 1.54) is 0 Å². The average Bonchev–Trinajstić information content (AvgIpc) is 1.96. The first-order chi connectivity index (χ1) is 11.1. The molecular formula is Mn4O21P6. The third kappa shape index (κ3) is 71.9. The maximum absolute atomic E-state index is 9.32. The summed E-state index contributed by atoms with van der Waals surface area (Å²) in [6, 6.07) is 0. The Balaban J connectivity index is -0.0000000524. The van der Waals surface area contributed by atoms with Crippen LogP contribution in [0.2, 0.25) is 0 Å². The summed E-state index contributed by atoms with van der Waals surface area (Å²) in [6.07, 6.45) is 0. The van der Waals surface area contributed by atoms with E-state index in [9.17, 15) is 86.1 Å². The fraction of sp³-hybridized carbons (Fsp3) is 0. The fourth-order valence-electron chi connectivity index (χ4n) is 0.367. The summed E-state index contributed by atoms with van der Waals surface area (Å²) in [5, 5.41) is 0. The van der Waals surface area contributed by atoms with Crippen LogP contribution in [0.15, 0.2) is 0 Å². The molecule has 0 aromatic heterocycles. The maximum atomic E-state index is 9.32. The van der Waals surface area contributed by atoms with E-state index in [1.807, 2.05) is 0 Å². The molecule has 0 atom stereocenters. The predicted octanol–water partition coefficient (Wildman–Crippen LogP) is -10.0. The Bertz CT molecular complexity index is 559. The van der Waals surface area contributed by atoms with Gasteiger partial charge >= 0.3 is 68.3 Å². The molecule has 0 saturated heterocycles. The van der Waals surface area contributed by atoms with Crippen molar-refractivity contribution in [2.75, 3.05) is 0 Å². The Hall–Kier alpha value is 2.86. The monoisotopic (exact) mass is 741 g/mol. The molecule has 0 amide bonds. The molecule has 31 heavy (non-hydrogen) atoms. The van der Waals surface area contributed by atoms with Crippen molar-refractivity contribution in [2.24, 2.45) is 0 Å². The molecule has 0 aromatic rings. The Morgan fingerprint density at radius 1 is 0.290 bits per heavy atom. The molecule has 0 heterocycles. The van der Waals surface area contributed by atoms with Crippen molar-refractivity contribution in [1.82, 2.24) is 0 Å². The van der Waals surface area contributed by atoms with Gasteiger partial charge < -0.3 is 99.0 Å². The summed E-state index contributed by atoms with van der Waals surface area (Å²) in [7, 11) is -34.1. The van der Waals surface area contributed by atoms with E-state index < -0.39 is 46.9 Å². The third-order valence-corrected chi connectivity index (χ3v) is 5.40. The summed E-state index contributed by atoms with van der Waals surface area (Å²) in [4.78, 5) is 112. The molecule has 0 aromatic carbocycles. The van der Waals surface area contributed by atoms with Crippen LogP contribution in [-0.4, -0.2) is 0 Å². The van der Waals surface area contributed by atoms with Gasteiger partial charge in [0, 0.05) is 0 Å². The maximum Gasteiger partial charge on any atom is 3.00 e. The van der Waals surface area contributed by atoms with Crippen molar-refractivity contribution in [3.8, 4) is 0 Å². The second-order valence-corrected chi connectivity index (χ2v) is 10.3. The number of rotatable bonds is 6. The van der Waals surface area contributed by atoms with Gasteiger partial charge in [-0.05, 0) is 0 Å². The Morgan fingerprint density at radius 3 is 0.355 bits per heavy atom. The van der Waals surface area contributed by atoms with Crippen molar-refractivity contribution >= 4 is 46.9 Å². The van der Waals surface area contributed by atoms with Crippen LogP contribution in [0.5, 0.6) is 0 Å². The molecule has 0 rings (SSSR count). The van der Waals surface area contributed by atoms with E-state index in [0.29, 0.717) is 0 Å². The molecule has 21 nitrogen and oxygen atoms in total. The molecule has 0 radical (unpaired) electrons. The molecule has 0 bridgehead atoms. The van der Waals surface area contributed by atoms with Gasteiger partial charge in [0.1, 0.15) is 0 Å². The number of phosphoric acid groups is 6. The molecule has 0 fully saturated rings. The smallest absolute Gasteiger partial charge is 0.790 e. The van der Waals surface area contributed by atoms with E-state index in [2.05, 4.69) is 12.9 Å². The number of hydrogen-bond donors (Lipinski definition) is 0. The van der Waals surface area contributed by atoms with E-state index in [-0.39, 0.29) is 68.3 Å². The minimum atomic E-state index is -5.68. The average molecular weight is 742 g/mol. The summed E-state index contributed by atoms with van der Waals surface area (Å²) < 4.78 is 63.5. The molecule has 0 N–H and O–H groups in total. The van der Waals surface area contributed by atoms with Crippen LogP contribution in [0.25, 0.3) is 0 Å². The van der Waals surface area contributed by atoms with Crippen LogP contribution >= 0.6 is 46.9 Å². The third-order valence-electron chi connectivity index (χ3n) is 0.600. The van der Waals surface area contributed by atoms with Gasteiger partial charge in [-0.2, -0.15) is 0 Å². The second-order valence-electron chi connectivity index (χ2n) is 2.93. The van der Waals surface area contributed by atoms with Crippen molar-refractivity contribution < 1.29 is 167 Å². The normalized spacial score (nSPS) is 12.0. The Labute approximate surface area is 213 Å².